The number of carbonyl (C=O) groups is 2. The maximum absolute atomic E-state index is 13.6. The standard InChI is InChI=1S/C18H18F2N2O6S/c1-10(17(23)22-14-9-12(19)5-6-13(14)20)28-18(24)11-4-7-15(27-3)16(8-11)29(25,26)21-2/h4-10,21H,1-3H3,(H,22,23). The zero-order chi connectivity index (χ0) is 21.8. The second-order valence-electron chi connectivity index (χ2n) is 5.73. The van der Waals surface area contributed by atoms with Crippen molar-refractivity contribution in [2.45, 2.75) is 17.9 Å². The minimum Gasteiger partial charge on any atom is -0.495 e. The van der Waals surface area contributed by atoms with Crippen molar-refractivity contribution in [3.8, 4) is 5.75 Å². The molecule has 1 amide bonds. The van der Waals surface area contributed by atoms with Crippen LogP contribution in [0.1, 0.15) is 17.3 Å². The number of methoxy groups -OCH3 is 1. The van der Waals surface area contributed by atoms with Crippen LogP contribution in [0.2, 0.25) is 0 Å². The molecule has 2 N–H and O–H groups in total. The van der Waals surface area contributed by atoms with Crippen LogP contribution in [0.15, 0.2) is 41.3 Å². The van der Waals surface area contributed by atoms with Gasteiger partial charge in [0.15, 0.2) is 6.10 Å². The lowest BCUT2D eigenvalue weighted by Crippen LogP contribution is -2.30. The van der Waals surface area contributed by atoms with E-state index in [0.29, 0.717) is 0 Å². The summed E-state index contributed by atoms with van der Waals surface area (Å²) in [6, 6.07) is 6.04. The summed E-state index contributed by atoms with van der Waals surface area (Å²) in [5.74, 6) is -3.52. The van der Waals surface area contributed by atoms with Gasteiger partial charge >= 0.3 is 5.97 Å². The van der Waals surface area contributed by atoms with Crippen molar-refractivity contribution in [2.75, 3.05) is 19.5 Å². The predicted molar refractivity (Wildman–Crippen MR) is 99.1 cm³/mol. The topological polar surface area (TPSA) is 111 Å². The Balaban J connectivity index is 2.18. The second-order valence-corrected chi connectivity index (χ2v) is 7.59. The molecule has 0 radical (unpaired) electrons. The van der Waals surface area contributed by atoms with E-state index < -0.39 is 45.3 Å². The molecule has 0 aromatic heterocycles. The van der Waals surface area contributed by atoms with Crippen molar-refractivity contribution in [3.63, 3.8) is 0 Å². The fraction of sp³-hybridized carbons (Fsp3) is 0.222. The summed E-state index contributed by atoms with van der Waals surface area (Å²) in [5.41, 5.74) is -0.569. The number of halogens is 2. The van der Waals surface area contributed by atoms with Gasteiger partial charge < -0.3 is 14.8 Å². The van der Waals surface area contributed by atoms with Gasteiger partial charge in [0.05, 0.1) is 18.4 Å². The van der Waals surface area contributed by atoms with E-state index in [4.69, 9.17) is 9.47 Å². The van der Waals surface area contributed by atoms with Crippen LogP contribution < -0.4 is 14.8 Å². The Labute approximate surface area is 165 Å². The first-order chi connectivity index (χ1) is 13.6. The summed E-state index contributed by atoms with van der Waals surface area (Å²) in [7, 11) is -1.47. The molecule has 1 atom stereocenters. The first kappa shape index (κ1) is 22.2. The molecule has 0 bridgehead atoms. The molecule has 1 unspecified atom stereocenters. The molecule has 29 heavy (non-hydrogen) atoms. The maximum atomic E-state index is 13.6. The zero-order valence-electron chi connectivity index (χ0n) is 15.7. The van der Waals surface area contributed by atoms with E-state index >= 15 is 0 Å². The molecule has 8 nitrogen and oxygen atoms in total. The first-order valence-corrected chi connectivity index (χ1v) is 9.66. The van der Waals surface area contributed by atoms with Crippen LogP contribution in [-0.2, 0) is 19.6 Å². The minimum absolute atomic E-state index is 0.00303. The van der Waals surface area contributed by atoms with Crippen molar-refractivity contribution < 1.29 is 36.3 Å². The first-order valence-electron chi connectivity index (χ1n) is 8.17. The number of benzene rings is 2. The lowest BCUT2D eigenvalue weighted by molar-refractivity contribution is -0.123. The number of sulfonamides is 1. The zero-order valence-corrected chi connectivity index (χ0v) is 16.5. The molecule has 156 valence electrons. The number of esters is 1. The van der Waals surface area contributed by atoms with Gasteiger partial charge in [-0.1, -0.05) is 0 Å². The van der Waals surface area contributed by atoms with Gasteiger partial charge in [-0.25, -0.2) is 26.7 Å². The number of amides is 1. The highest BCUT2D eigenvalue weighted by Crippen LogP contribution is 2.25. The van der Waals surface area contributed by atoms with Crippen LogP contribution in [-0.4, -0.2) is 40.6 Å². The molecule has 0 saturated carbocycles. The summed E-state index contributed by atoms with van der Waals surface area (Å²) in [5, 5.41) is 2.11. The number of anilines is 1. The molecule has 0 heterocycles. The third-order valence-electron chi connectivity index (χ3n) is 3.80. The monoisotopic (exact) mass is 428 g/mol. The third kappa shape index (κ3) is 5.27. The highest BCUT2D eigenvalue weighted by Gasteiger charge is 2.24. The molecule has 0 spiro atoms. The number of nitrogens with one attached hydrogen (secondary N) is 2. The van der Waals surface area contributed by atoms with E-state index in [2.05, 4.69) is 10.0 Å². The molecule has 0 aliphatic heterocycles. The van der Waals surface area contributed by atoms with Gasteiger partial charge in [0.1, 0.15) is 22.3 Å². The lowest BCUT2D eigenvalue weighted by Gasteiger charge is -2.15. The van der Waals surface area contributed by atoms with Gasteiger partial charge in [0, 0.05) is 6.07 Å². The van der Waals surface area contributed by atoms with Crippen molar-refractivity contribution in [2.24, 2.45) is 0 Å². The Morgan fingerprint density at radius 2 is 1.79 bits per heavy atom. The number of carbonyl (C=O) groups excluding carboxylic acids is 2. The summed E-state index contributed by atoms with van der Waals surface area (Å²) in [4.78, 5) is 24.1. The van der Waals surface area contributed by atoms with E-state index in [9.17, 15) is 26.8 Å². The smallest absolute Gasteiger partial charge is 0.338 e. The number of ether oxygens (including phenoxy) is 2. The summed E-state index contributed by atoms with van der Waals surface area (Å²) in [6.07, 6.45) is -1.38. The highest BCUT2D eigenvalue weighted by molar-refractivity contribution is 7.89. The van der Waals surface area contributed by atoms with Crippen molar-refractivity contribution >= 4 is 27.6 Å². The number of rotatable bonds is 7. The predicted octanol–water partition coefficient (Wildman–Crippen LogP) is 2.07. The Hall–Kier alpha value is -3.05. The van der Waals surface area contributed by atoms with Crippen molar-refractivity contribution in [3.05, 3.63) is 53.6 Å². The van der Waals surface area contributed by atoms with Gasteiger partial charge in [0.25, 0.3) is 5.91 Å². The molecule has 0 aliphatic rings. The highest BCUT2D eigenvalue weighted by atomic mass is 32.2. The Bertz CT molecular complexity index is 1040. The fourth-order valence-electron chi connectivity index (χ4n) is 2.23. The molecule has 2 aromatic carbocycles. The SMILES string of the molecule is CNS(=O)(=O)c1cc(C(=O)OC(C)C(=O)Nc2cc(F)ccc2F)ccc1OC. The lowest BCUT2D eigenvalue weighted by atomic mass is 10.2. The Kier molecular flexibility index (Phi) is 6.88. The largest absolute Gasteiger partial charge is 0.495 e. The van der Waals surface area contributed by atoms with Crippen LogP contribution in [0.4, 0.5) is 14.5 Å². The van der Waals surface area contributed by atoms with Crippen LogP contribution in [0.5, 0.6) is 5.75 Å². The van der Waals surface area contributed by atoms with Crippen molar-refractivity contribution in [1.82, 2.24) is 4.72 Å². The molecule has 0 fully saturated rings. The number of hydrogen-bond acceptors (Lipinski definition) is 6. The average Bonchev–Trinajstić information content (AvgIpc) is 2.69. The summed E-state index contributed by atoms with van der Waals surface area (Å²) in [6.45, 7) is 1.22. The molecule has 0 aliphatic carbocycles. The van der Waals surface area contributed by atoms with E-state index in [-0.39, 0.29) is 16.2 Å². The normalized spacial score (nSPS) is 12.2. The summed E-state index contributed by atoms with van der Waals surface area (Å²) < 4.78 is 63.0. The number of hydrogen-bond donors (Lipinski definition) is 2. The van der Waals surface area contributed by atoms with Crippen molar-refractivity contribution in [1.29, 1.82) is 0 Å². The molecular formula is C18H18F2N2O6S. The van der Waals surface area contributed by atoms with E-state index in [0.717, 1.165) is 24.3 Å². The quantitative estimate of drug-likeness (QED) is 0.654. The van der Waals surface area contributed by atoms with Gasteiger partial charge in [-0.15, -0.1) is 0 Å². The minimum atomic E-state index is -3.93. The molecule has 2 aromatic rings. The fourth-order valence-corrected chi connectivity index (χ4v) is 3.15. The Morgan fingerprint density at radius 3 is 2.41 bits per heavy atom. The third-order valence-corrected chi connectivity index (χ3v) is 5.23. The Morgan fingerprint density at radius 1 is 1.10 bits per heavy atom. The van der Waals surface area contributed by atoms with Gasteiger partial charge in [-0.2, -0.15) is 0 Å². The van der Waals surface area contributed by atoms with E-state index in [1.807, 2.05) is 0 Å². The summed E-state index contributed by atoms with van der Waals surface area (Å²) >= 11 is 0. The van der Waals surface area contributed by atoms with Crippen LogP contribution in [0.25, 0.3) is 0 Å². The molecular weight excluding hydrogens is 410 g/mol. The molecule has 0 saturated heterocycles. The van der Waals surface area contributed by atoms with Crippen LogP contribution in [0, 0.1) is 11.6 Å². The molecule has 2 rings (SSSR count). The van der Waals surface area contributed by atoms with Crippen LogP contribution in [0.3, 0.4) is 0 Å². The maximum Gasteiger partial charge on any atom is 0.338 e. The van der Waals surface area contributed by atoms with Gasteiger partial charge in [0.2, 0.25) is 10.0 Å². The average molecular weight is 428 g/mol. The van der Waals surface area contributed by atoms with Crippen LogP contribution >= 0.6 is 0 Å². The molecule has 11 heteroatoms. The van der Waals surface area contributed by atoms with E-state index in [1.165, 1.54) is 33.2 Å². The van der Waals surface area contributed by atoms with E-state index in [1.54, 1.807) is 0 Å². The van der Waals surface area contributed by atoms with Gasteiger partial charge in [-0.05, 0) is 44.3 Å². The second kappa shape index (κ2) is 8.97. The van der Waals surface area contributed by atoms with Gasteiger partial charge in [-0.3, -0.25) is 4.79 Å².